The fourth-order valence-corrected chi connectivity index (χ4v) is 1.64. The van der Waals surface area contributed by atoms with Crippen molar-refractivity contribution in [2.45, 2.75) is 33.3 Å². The highest BCUT2D eigenvalue weighted by atomic mass is 16.5. The van der Waals surface area contributed by atoms with Crippen LogP contribution in [0.25, 0.3) is 0 Å². The van der Waals surface area contributed by atoms with Gasteiger partial charge in [-0.15, -0.1) is 0 Å². The average molecular weight is 274 g/mol. The SMILES string of the molecule is CCOC(=O)CN(CC(C)C)C(=O)CC(CN)OC. The van der Waals surface area contributed by atoms with Crippen LogP contribution in [0.1, 0.15) is 27.2 Å². The van der Waals surface area contributed by atoms with E-state index in [1.807, 2.05) is 13.8 Å². The summed E-state index contributed by atoms with van der Waals surface area (Å²) in [5, 5.41) is 0. The summed E-state index contributed by atoms with van der Waals surface area (Å²) < 4.78 is 9.96. The molecule has 0 bridgehead atoms. The summed E-state index contributed by atoms with van der Waals surface area (Å²) in [5.74, 6) is -0.255. The van der Waals surface area contributed by atoms with Gasteiger partial charge < -0.3 is 20.1 Å². The number of carbonyl (C=O) groups excluding carboxylic acids is 2. The van der Waals surface area contributed by atoms with E-state index in [1.165, 1.54) is 12.0 Å². The van der Waals surface area contributed by atoms with E-state index in [0.717, 1.165) is 0 Å². The molecular formula is C13H26N2O4. The lowest BCUT2D eigenvalue weighted by Gasteiger charge is -2.25. The van der Waals surface area contributed by atoms with E-state index < -0.39 is 5.97 Å². The summed E-state index contributed by atoms with van der Waals surface area (Å²) in [6, 6.07) is 0. The molecule has 6 heteroatoms. The van der Waals surface area contributed by atoms with Gasteiger partial charge in [-0.05, 0) is 12.8 Å². The van der Waals surface area contributed by atoms with Crippen LogP contribution in [-0.4, -0.2) is 56.2 Å². The molecule has 0 aromatic rings. The highest BCUT2D eigenvalue weighted by Crippen LogP contribution is 2.05. The predicted octanol–water partition coefficient (Wildman–Crippen LogP) is 0.398. The smallest absolute Gasteiger partial charge is 0.325 e. The molecular weight excluding hydrogens is 248 g/mol. The number of carbonyl (C=O) groups is 2. The second-order valence-electron chi connectivity index (χ2n) is 4.77. The van der Waals surface area contributed by atoms with Crippen LogP contribution in [-0.2, 0) is 19.1 Å². The van der Waals surface area contributed by atoms with Gasteiger partial charge in [-0.1, -0.05) is 13.8 Å². The molecule has 0 aliphatic rings. The number of nitrogens with two attached hydrogens (primary N) is 1. The first-order chi connectivity index (χ1) is 8.94. The van der Waals surface area contributed by atoms with Crippen LogP contribution < -0.4 is 5.73 Å². The van der Waals surface area contributed by atoms with Crippen molar-refractivity contribution < 1.29 is 19.1 Å². The third-order valence-electron chi connectivity index (χ3n) is 2.56. The number of ether oxygens (including phenoxy) is 2. The molecule has 0 aliphatic heterocycles. The predicted molar refractivity (Wildman–Crippen MR) is 72.5 cm³/mol. The maximum atomic E-state index is 12.1. The van der Waals surface area contributed by atoms with Gasteiger partial charge in [0.25, 0.3) is 0 Å². The first kappa shape index (κ1) is 17.9. The third-order valence-corrected chi connectivity index (χ3v) is 2.56. The standard InChI is InChI=1S/C13H26N2O4/c1-5-19-13(17)9-15(8-10(2)3)12(16)6-11(7-14)18-4/h10-11H,5-9,14H2,1-4H3. The Kier molecular flexibility index (Phi) is 9.16. The molecule has 1 atom stereocenters. The van der Waals surface area contributed by atoms with Crippen molar-refractivity contribution in [1.82, 2.24) is 4.90 Å². The van der Waals surface area contributed by atoms with Gasteiger partial charge in [0.05, 0.1) is 19.1 Å². The van der Waals surface area contributed by atoms with Gasteiger partial charge in [0, 0.05) is 20.2 Å². The van der Waals surface area contributed by atoms with Crippen molar-refractivity contribution in [2.75, 3.05) is 33.4 Å². The molecule has 19 heavy (non-hydrogen) atoms. The Morgan fingerprint density at radius 3 is 2.37 bits per heavy atom. The maximum absolute atomic E-state index is 12.1. The number of rotatable bonds is 9. The molecule has 0 saturated heterocycles. The van der Waals surface area contributed by atoms with Gasteiger partial charge in [-0.3, -0.25) is 9.59 Å². The highest BCUT2D eigenvalue weighted by molar-refractivity contribution is 5.82. The molecule has 2 N–H and O–H groups in total. The molecule has 0 heterocycles. The Bertz CT molecular complexity index is 278. The van der Waals surface area contributed by atoms with Gasteiger partial charge in [0.15, 0.2) is 0 Å². The minimum absolute atomic E-state index is 0.0220. The molecule has 1 amide bonds. The van der Waals surface area contributed by atoms with Gasteiger partial charge in [-0.2, -0.15) is 0 Å². The molecule has 112 valence electrons. The van der Waals surface area contributed by atoms with Gasteiger partial charge >= 0.3 is 5.97 Å². The number of hydrogen-bond donors (Lipinski definition) is 1. The van der Waals surface area contributed by atoms with Gasteiger partial charge in [-0.25, -0.2) is 0 Å². The molecule has 1 unspecified atom stereocenters. The fourth-order valence-electron chi connectivity index (χ4n) is 1.64. The van der Waals surface area contributed by atoms with Crippen molar-refractivity contribution in [3.8, 4) is 0 Å². The van der Waals surface area contributed by atoms with Crippen LogP contribution in [0.15, 0.2) is 0 Å². The number of amides is 1. The summed E-state index contributed by atoms with van der Waals surface area (Å²) in [6.45, 7) is 6.79. The zero-order chi connectivity index (χ0) is 14.8. The van der Waals surface area contributed by atoms with Crippen LogP contribution in [0.3, 0.4) is 0 Å². The van der Waals surface area contributed by atoms with Gasteiger partial charge in [0.2, 0.25) is 5.91 Å². The summed E-state index contributed by atoms with van der Waals surface area (Å²) in [7, 11) is 1.52. The lowest BCUT2D eigenvalue weighted by molar-refractivity contribution is -0.150. The Morgan fingerprint density at radius 1 is 1.32 bits per heavy atom. The second-order valence-corrected chi connectivity index (χ2v) is 4.77. The number of esters is 1. The lowest BCUT2D eigenvalue weighted by Crippen LogP contribution is -2.41. The fraction of sp³-hybridized carbons (Fsp3) is 0.846. The van der Waals surface area contributed by atoms with Crippen molar-refractivity contribution in [1.29, 1.82) is 0 Å². The van der Waals surface area contributed by atoms with E-state index >= 15 is 0 Å². The molecule has 6 nitrogen and oxygen atoms in total. The first-order valence-electron chi connectivity index (χ1n) is 6.60. The van der Waals surface area contributed by atoms with Crippen LogP contribution in [0.4, 0.5) is 0 Å². The molecule has 0 aliphatic carbocycles. The van der Waals surface area contributed by atoms with Crippen LogP contribution in [0.5, 0.6) is 0 Å². The summed E-state index contributed by atoms with van der Waals surface area (Å²) in [6.07, 6.45) is -0.136. The number of hydrogen-bond acceptors (Lipinski definition) is 5. The lowest BCUT2D eigenvalue weighted by atomic mass is 10.1. The zero-order valence-corrected chi connectivity index (χ0v) is 12.3. The maximum Gasteiger partial charge on any atom is 0.325 e. The van der Waals surface area contributed by atoms with E-state index in [4.69, 9.17) is 15.2 Å². The number of methoxy groups -OCH3 is 1. The molecule has 0 saturated carbocycles. The van der Waals surface area contributed by atoms with Crippen LogP contribution >= 0.6 is 0 Å². The Balaban J connectivity index is 4.54. The van der Waals surface area contributed by atoms with E-state index in [2.05, 4.69) is 0 Å². The topological polar surface area (TPSA) is 81.9 Å². The Labute approximate surface area is 115 Å². The summed E-state index contributed by atoms with van der Waals surface area (Å²) in [5.41, 5.74) is 5.49. The van der Waals surface area contributed by atoms with Crippen molar-refractivity contribution in [3.05, 3.63) is 0 Å². The quantitative estimate of drug-likeness (QED) is 0.615. The van der Waals surface area contributed by atoms with E-state index in [9.17, 15) is 9.59 Å². The Morgan fingerprint density at radius 2 is 1.95 bits per heavy atom. The summed E-state index contributed by atoms with van der Waals surface area (Å²) in [4.78, 5) is 25.1. The molecule has 0 aromatic heterocycles. The van der Waals surface area contributed by atoms with Crippen molar-refractivity contribution >= 4 is 11.9 Å². The highest BCUT2D eigenvalue weighted by Gasteiger charge is 2.21. The second kappa shape index (κ2) is 9.75. The number of nitrogens with zero attached hydrogens (tertiary/aromatic N) is 1. The average Bonchev–Trinajstić information content (AvgIpc) is 2.34. The zero-order valence-electron chi connectivity index (χ0n) is 12.3. The third kappa shape index (κ3) is 7.79. The molecule has 0 fully saturated rings. The normalized spacial score (nSPS) is 12.3. The molecule has 0 aromatic carbocycles. The van der Waals surface area contributed by atoms with Crippen LogP contribution in [0, 0.1) is 5.92 Å². The van der Waals surface area contributed by atoms with Gasteiger partial charge in [0.1, 0.15) is 6.54 Å². The van der Waals surface area contributed by atoms with E-state index in [-0.39, 0.29) is 37.4 Å². The monoisotopic (exact) mass is 274 g/mol. The molecule has 0 rings (SSSR count). The minimum Gasteiger partial charge on any atom is -0.465 e. The van der Waals surface area contributed by atoms with E-state index in [1.54, 1.807) is 6.92 Å². The Hall–Kier alpha value is -1.14. The van der Waals surface area contributed by atoms with E-state index in [0.29, 0.717) is 13.2 Å². The minimum atomic E-state index is -0.391. The largest absolute Gasteiger partial charge is 0.465 e. The first-order valence-corrected chi connectivity index (χ1v) is 6.60. The summed E-state index contributed by atoms with van der Waals surface area (Å²) >= 11 is 0. The van der Waals surface area contributed by atoms with Crippen LogP contribution in [0.2, 0.25) is 0 Å². The van der Waals surface area contributed by atoms with Crippen molar-refractivity contribution in [2.24, 2.45) is 11.7 Å². The molecule has 0 radical (unpaired) electrons. The molecule has 0 spiro atoms. The van der Waals surface area contributed by atoms with Crippen molar-refractivity contribution in [3.63, 3.8) is 0 Å².